The number of nitrogens with one attached hydrogen (secondary N) is 1. The van der Waals surface area contributed by atoms with E-state index < -0.39 is 0 Å². The molecule has 0 aliphatic carbocycles. The zero-order valence-electron chi connectivity index (χ0n) is 13.8. The van der Waals surface area contributed by atoms with Crippen LogP contribution < -0.4 is 0 Å². The van der Waals surface area contributed by atoms with Crippen molar-refractivity contribution < 1.29 is 4.74 Å². The van der Waals surface area contributed by atoms with Gasteiger partial charge in [0.15, 0.2) is 0 Å². The van der Waals surface area contributed by atoms with E-state index >= 15 is 0 Å². The van der Waals surface area contributed by atoms with Crippen LogP contribution in [0.2, 0.25) is 0 Å². The van der Waals surface area contributed by atoms with Crippen molar-refractivity contribution in [1.29, 1.82) is 5.41 Å². The summed E-state index contributed by atoms with van der Waals surface area (Å²) < 4.78 is 4.83. The molecule has 18 heavy (non-hydrogen) atoms. The van der Waals surface area contributed by atoms with Crippen molar-refractivity contribution in [2.45, 2.75) is 41.5 Å². The molecular weight excluding hydrogens is 226 g/mol. The summed E-state index contributed by atoms with van der Waals surface area (Å²) in [6, 6.07) is 0. The van der Waals surface area contributed by atoms with Gasteiger partial charge in [-0.05, 0) is 40.4 Å². The van der Waals surface area contributed by atoms with Crippen molar-refractivity contribution in [3.8, 4) is 0 Å². The zero-order chi connectivity index (χ0) is 15.0. The highest BCUT2D eigenvalue weighted by molar-refractivity contribution is 5.75. The first-order chi connectivity index (χ1) is 8.40. The molecule has 0 aliphatic heterocycles. The van der Waals surface area contributed by atoms with E-state index in [1.165, 1.54) is 19.6 Å². The monoisotopic (exact) mass is 261 g/mol. The molecule has 0 amide bonds. The summed E-state index contributed by atoms with van der Waals surface area (Å²) in [4.78, 5) is 4.12. The Morgan fingerprint density at radius 2 is 1.17 bits per heavy atom. The Labute approximate surface area is 115 Å². The molecule has 0 spiro atoms. The largest absolute Gasteiger partial charge is 0.382 e. The molecule has 0 rings (SSSR count). The molecule has 0 unspecified atom stereocenters. The molecule has 0 radical (unpaired) electrons. The summed E-state index contributed by atoms with van der Waals surface area (Å²) in [5, 5.41) is 6.88. The molecule has 112 valence electrons. The Bertz CT molecular complexity index is 150. The van der Waals surface area contributed by atoms with Gasteiger partial charge in [0.2, 0.25) is 0 Å². The zero-order valence-corrected chi connectivity index (χ0v) is 13.8. The number of ether oxygens (including phenoxy) is 1. The molecule has 0 atom stereocenters. The molecule has 4 nitrogen and oxygen atoms in total. The Kier molecular flexibility index (Phi) is 23.5. The van der Waals surface area contributed by atoms with E-state index in [1.807, 2.05) is 27.9 Å². The fraction of sp³-hybridized carbons (Fsp3) is 0.929. The lowest BCUT2D eigenvalue weighted by molar-refractivity contribution is 0.162. The van der Waals surface area contributed by atoms with E-state index in [9.17, 15) is 0 Å². The number of hydrogen-bond donors (Lipinski definition) is 1. The van der Waals surface area contributed by atoms with Gasteiger partial charge in [0.25, 0.3) is 0 Å². The molecule has 4 heteroatoms. The second-order valence-corrected chi connectivity index (χ2v) is 3.88. The Hall–Kier alpha value is -0.610. The lowest BCUT2D eigenvalue weighted by Gasteiger charge is -2.13. The summed E-state index contributed by atoms with van der Waals surface area (Å²) >= 11 is 0. The predicted molar refractivity (Wildman–Crippen MR) is 82.7 cm³/mol. The Morgan fingerprint density at radius 1 is 0.889 bits per heavy atom. The molecule has 0 saturated carbocycles. The quantitative estimate of drug-likeness (QED) is 0.611. The van der Waals surface area contributed by atoms with Crippen molar-refractivity contribution >= 4 is 5.84 Å². The minimum Gasteiger partial charge on any atom is -0.382 e. The maximum atomic E-state index is 6.88. The molecule has 0 aromatic rings. The molecule has 0 aromatic heterocycles. The van der Waals surface area contributed by atoms with Gasteiger partial charge in [0.1, 0.15) is 0 Å². The molecule has 0 heterocycles. The van der Waals surface area contributed by atoms with Crippen LogP contribution in [0.5, 0.6) is 0 Å². The van der Waals surface area contributed by atoms with E-state index in [4.69, 9.17) is 10.1 Å². The third-order valence-electron chi connectivity index (χ3n) is 2.42. The van der Waals surface area contributed by atoms with Crippen molar-refractivity contribution in [3.05, 3.63) is 0 Å². The van der Waals surface area contributed by atoms with Crippen LogP contribution in [0.15, 0.2) is 0 Å². The second-order valence-electron chi connectivity index (χ2n) is 3.88. The Balaban J connectivity index is -0.000000190. The number of rotatable bonds is 5. The number of nitrogens with zero attached hydrogens (tertiary/aromatic N) is 2. The van der Waals surface area contributed by atoms with Crippen LogP contribution in [0.1, 0.15) is 41.5 Å². The van der Waals surface area contributed by atoms with E-state index in [0.29, 0.717) is 5.84 Å². The third-order valence-corrected chi connectivity index (χ3v) is 2.42. The van der Waals surface area contributed by atoms with Gasteiger partial charge in [-0.3, -0.25) is 5.41 Å². The molecule has 0 aliphatic rings. The molecule has 0 saturated heterocycles. The van der Waals surface area contributed by atoms with Crippen molar-refractivity contribution in [1.82, 2.24) is 9.80 Å². The van der Waals surface area contributed by atoms with Crippen molar-refractivity contribution in [2.24, 2.45) is 0 Å². The first kappa shape index (κ1) is 22.6. The van der Waals surface area contributed by atoms with Crippen LogP contribution in [0, 0.1) is 5.41 Å². The first-order valence-electron chi connectivity index (χ1n) is 6.93. The van der Waals surface area contributed by atoms with Gasteiger partial charge in [0.05, 0.1) is 5.84 Å². The van der Waals surface area contributed by atoms with E-state index in [2.05, 4.69) is 25.7 Å². The minimum atomic E-state index is 0.593. The molecule has 0 fully saturated rings. The van der Waals surface area contributed by atoms with Crippen LogP contribution >= 0.6 is 0 Å². The summed E-state index contributed by atoms with van der Waals surface area (Å²) in [6.07, 6.45) is 0. The number of amidine groups is 1. The lowest BCUT2D eigenvalue weighted by atomic mass is 10.5. The van der Waals surface area contributed by atoms with E-state index in [1.54, 1.807) is 11.8 Å². The van der Waals surface area contributed by atoms with Crippen LogP contribution in [0.3, 0.4) is 0 Å². The smallest absolute Gasteiger partial charge is 0.0920 e. The van der Waals surface area contributed by atoms with E-state index in [0.717, 1.165) is 13.2 Å². The van der Waals surface area contributed by atoms with Gasteiger partial charge >= 0.3 is 0 Å². The average Bonchev–Trinajstić information content (AvgIpc) is 2.34. The first-order valence-corrected chi connectivity index (χ1v) is 6.93. The summed E-state index contributed by atoms with van der Waals surface area (Å²) in [5.74, 6) is 0.593. The standard InChI is InChI=1S/C6H15N.C4H10N2.C4H10O/c1-4-7(5-2)6-3;1-4(5)6(2)3;1-3-5-4-2/h4-6H2,1-3H3;5H,1-3H3;3-4H2,1-2H3. The normalized spacial score (nSPS) is 8.94. The van der Waals surface area contributed by atoms with E-state index in [-0.39, 0.29) is 0 Å². The fourth-order valence-electron chi connectivity index (χ4n) is 0.875. The average molecular weight is 261 g/mol. The lowest BCUT2D eigenvalue weighted by Crippen LogP contribution is -2.21. The summed E-state index contributed by atoms with van der Waals surface area (Å²) in [6.45, 7) is 17.5. The van der Waals surface area contributed by atoms with Crippen molar-refractivity contribution in [3.63, 3.8) is 0 Å². The molecule has 0 bridgehead atoms. The maximum Gasteiger partial charge on any atom is 0.0920 e. The maximum absolute atomic E-state index is 6.88. The minimum absolute atomic E-state index is 0.593. The topological polar surface area (TPSA) is 39.6 Å². The Morgan fingerprint density at radius 3 is 1.17 bits per heavy atom. The highest BCUT2D eigenvalue weighted by atomic mass is 16.5. The predicted octanol–water partition coefficient (Wildman–Crippen LogP) is 2.94. The van der Waals surface area contributed by atoms with Gasteiger partial charge in [-0.2, -0.15) is 0 Å². The molecule has 1 N–H and O–H groups in total. The van der Waals surface area contributed by atoms with Crippen LogP contribution in [0.4, 0.5) is 0 Å². The summed E-state index contributed by atoms with van der Waals surface area (Å²) in [7, 11) is 3.70. The third kappa shape index (κ3) is 24.6. The van der Waals surface area contributed by atoms with Crippen molar-refractivity contribution in [2.75, 3.05) is 46.9 Å². The van der Waals surface area contributed by atoms with Crippen LogP contribution in [-0.2, 0) is 4.74 Å². The van der Waals surface area contributed by atoms with Gasteiger partial charge < -0.3 is 14.5 Å². The molecular formula is C14H35N3O. The van der Waals surface area contributed by atoms with Gasteiger partial charge in [-0.1, -0.05) is 20.8 Å². The van der Waals surface area contributed by atoms with Gasteiger partial charge in [0, 0.05) is 27.3 Å². The number of hydrogen-bond acceptors (Lipinski definition) is 3. The van der Waals surface area contributed by atoms with Gasteiger partial charge in [-0.25, -0.2) is 0 Å². The van der Waals surface area contributed by atoms with Crippen LogP contribution in [0.25, 0.3) is 0 Å². The second kappa shape index (κ2) is 18.7. The van der Waals surface area contributed by atoms with Crippen LogP contribution in [-0.4, -0.2) is 62.6 Å². The SMILES string of the molecule is CC(=N)N(C)C.CCN(CC)CC.CCOCC. The highest BCUT2D eigenvalue weighted by Crippen LogP contribution is 1.81. The fourth-order valence-corrected chi connectivity index (χ4v) is 0.875. The highest BCUT2D eigenvalue weighted by Gasteiger charge is 1.89. The summed E-state index contributed by atoms with van der Waals surface area (Å²) in [5.41, 5.74) is 0. The van der Waals surface area contributed by atoms with Gasteiger partial charge in [-0.15, -0.1) is 0 Å². The molecule has 0 aromatic carbocycles.